The Morgan fingerprint density at radius 3 is 2.90 bits per heavy atom. The first kappa shape index (κ1) is 14.4. The molecule has 3 atom stereocenters. The van der Waals surface area contributed by atoms with Gasteiger partial charge in [0.05, 0.1) is 13.2 Å². The van der Waals surface area contributed by atoms with Crippen LogP contribution in [0.2, 0.25) is 5.02 Å². The van der Waals surface area contributed by atoms with Gasteiger partial charge in [0.15, 0.2) is 6.04 Å². The van der Waals surface area contributed by atoms with E-state index in [-0.39, 0.29) is 24.3 Å². The number of carboxylic acid groups (broad SMARTS) is 1. The predicted molar refractivity (Wildman–Crippen MR) is 76.3 cm³/mol. The molecule has 112 valence electrons. The SMILES string of the molecule is O=C(O)C1COCCN1C(=O)C1CC1c1cccc(Cl)c1. The third kappa shape index (κ3) is 2.89. The molecule has 2 fully saturated rings. The average Bonchev–Trinajstić information content (AvgIpc) is 3.27. The summed E-state index contributed by atoms with van der Waals surface area (Å²) in [4.78, 5) is 25.2. The monoisotopic (exact) mass is 309 g/mol. The van der Waals surface area contributed by atoms with Crippen LogP contribution in [0.25, 0.3) is 0 Å². The summed E-state index contributed by atoms with van der Waals surface area (Å²) < 4.78 is 5.16. The Bertz CT molecular complexity index is 577. The van der Waals surface area contributed by atoms with E-state index >= 15 is 0 Å². The maximum absolute atomic E-state index is 12.5. The molecular formula is C15H16ClNO4. The number of halogens is 1. The molecule has 1 saturated heterocycles. The number of aliphatic carboxylic acids is 1. The van der Waals surface area contributed by atoms with Crippen molar-refractivity contribution in [3.8, 4) is 0 Å². The van der Waals surface area contributed by atoms with Crippen molar-refractivity contribution < 1.29 is 19.4 Å². The van der Waals surface area contributed by atoms with Crippen molar-refractivity contribution >= 4 is 23.5 Å². The quantitative estimate of drug-likeness (QED) is 0.924. The molecule has 1 aliphatic carbocycles. The van der Waals surface area contributed by atoms with Crippen LogP contribution in [0.3, 0.4) is 0 Å². The van der Waals surface area contributed by atoms with Crippen molar-refractivity contribution in [3.05, 3.63) is 34.9 Å². The van der Waals surface area contributed by atoms with Gasteiger partial charge in [0, 0.05) is 17.5 Å². The fraction of sp³-hybridized carbons (Fsp3) is 0.467. The minimum atomic E-state index is -1.01. The number of carbonyl (C=O) groups excluding carboxylic acids is 1. The van der Waals surface area contributed by atoms with Gasteiger partial charge in [0.25, 0.3) is 0 Å². The smallest absolute Gasteiger partial charge is 0.328 e. The number of hydrogen-bond donors (Lipinski definition) is 1. The van der Waals surface area contributed by atoms with E-state index in [1.54, 1.807) is 6.07 Å². The van der Waals surface area contributed by atoms with Crippen LogP contribution in [0.4, 0.5) is 0 Å². The molecule has 0 aromatic heterocycles. The van der Waals surface area contributed by atoms with Gasteiger partial charge in [-0.25, -0.2) is 4.79 Å². The molecule has 1 amide bonds. The fourth-order valence-corrected chi connectivity index (χ4v) is 3.06. The molecule has 0 radical (unpaired) electrons. The summed E-state index contributed by atoms with van der Waals surface area (Å²) in [6.07, 6.45) is 0.753. The Morgan fingerprint density at radius 1 is 1.38 bits per heavy atom. The topological polar surface area (TPSA) is 66.8 Å². The Balaban J connectivity index is 1.70. The Labute approximate surface area is 127 Å². The van der Waals surface area contributed by atoms with E-state index in [0.717, 1.165) is 12.0 Å². The van der Waals surface area contributed by atoms with E-state index in [4.69, 9.17) is 16.3 Å². The lowest BCUT2D eigenvalue weighted by atomic mass is 10.1. The zero-order chi connectivity index (χ0) is 15.0. The molecule has 0 bridgehead atoms. The number of benzene rings is 1. The fourth-order valence-electron chi connectivity index (χ4n) is 2.86. The van der Waals surface area contributed by atoms with Gasteiger partial charge in [-0.3, -0.25) is 4.79 Å². The van der Waals surface area contributed by atoms with E-state index in [1.165, 1.54) is 4.90 Å². The van der Waals surface area contributed by atoms with E-state index in [9.17, 15) is 14.7 Å². The number of carboxylic acids is 1. The first-order valence-electron chi connectivity index (χ1n) is 6.94. The number of nitrogens with zero attached hydrogens (tertiary/aromatic N) is 1. The second-order valence-electron chi connectivity index (χ2n) is 5.46. The lowest BCUT2D eigenvalue weighted by molar-refractivity contribution is -0.158. The van der Waals surface area contributed by atoms with Gasteiger partial charge < -0.3 is 14.7 Å². The molecule has 1 saturated carbocycles. The molecule has 6 heteroatoms. The molecule has 1 heterocycles. The lowest BCUT2D eigenvalue weighted by Crippen LogP contribution is -2.53. The molecule has 0 spiro atoms. The molecule has 3 unspecified atom stereocenters. The van der Waals surface area contributed by atoms with Crippen LogP contribution >= 0.6 is 11.6 Å². The second kappa shape index (κ2) is 5.66. The van der Waals surface area contributed by atoms with Gasteiger partial charge in [-0.1, -0.05) is 23.7 Å². The summed E-state index contributed by atoms with van der Waals surface area (Å²) in [5.74, 6) is -1.09. The number of ether oxygens (including phenoxy) is 1. The molecular weight excluding hydrogens is 294 g/mol. The van der Waals surface area contributed by atoms with E-state index in [1.807, 2.05) is 18.2 Å². The van der Waals surface area contributed by atoms with E-state index in [0.29, 0.717) is 18.2 Å². The van der Waals surface area contributed by atoms with Crippen molar-refractivity contribution in [1.29, 1.82) is 0 Å². The molecule has 5 nitrogen and oxygen atoms in total. The molecule has 1 aromatic carbocycles. The van der Waals surface area contributed by atoms with Crippen LogP contribution in [0.5, 0.6) is 0 Å². The van der Waals surface area contributed by atoms with Crippen molar-refractivity contribution in [1.82, 2.24) is 4.90 Å². The van der Waals surface area contributed by atoms with Crippen molar-refractivity contribution in [3.63, 3.8) is 0 Å². The van der Waals surface area contributed by atoms with E-state index in [2.05, 4.69) is 0 Å². The first-order chi connectivity index (χ1) is 10.1. The number of carbonyl (C=O) groups is 2. The highest BCUT2D eigenvalue weighted by atomic mass is 35.5. The van der Waals surface area contributed by atoms with Crippen LogP contribution in [0.15, 0.2) is 24.3 Å². The standard InChI is InChI=1S/C15H16ClNO4/c16-10-3-1-2-9(6-10)11-7-12(11)14(18)17-4-5-21-8-13(17)15(19)20/h1-3,6,11-13H,4-5,7-8H2,(H,19,20). The third-order valence-electron chi connectivity index (χ3n) is 4.08. The summed E-state index contributed by atoms with van der Waals surface area (Å²) in [5.41, 5.74) is 1.04. The molecule has 2 aliphatic rings. The van der Waals surface area contributed by atoms with Crippen LogP contribution in [0, 0.1) is 5.92 Å². The first-order valence-corrected chi connectivity index (χ1v) is 7.32. The van der Waals surface area contributed by atoms with Gasteiger partial charge in [0.1, 0.15) is 0 Å². The second-order valence-corrected chi connectivity index (χ2v) is 5.90. The lowest BCUT2D eigenvalue weighted by Gasteiger charge is -2.33. The van der Waals surface area contributed by atoms with Crippen LogP contribution < -0.4 is 0 Å². The summed E-state index contributed by atoms with van der Waals surface area (Å²) in [7, 11) is 0. The highest BCUT2D eigenvalue weighted by molar-refractivity contribution is 6.30. The molecule has 1 aliphatic heterocycles. The number of hydrogen-bond acceptors (Lipinski definition) is 3. The van der Waals surface area contributed by atoms with Crippen molar-refractivity contribution in [2.75, 3.05) is 19.8 Å². The summed E-state index contributed by atoms with van der Waals surface area (Å²) >= 11 is 5.97. The normalized spacial score (nSPS) is 28.2. The maximum Gasteiger partial charge on any atom is 0.328 e. The van der Waals surface area contributed by atoms with E-state index < -0.39 is 12.0 Å². The molecule has 3 rings (SSSR count). The van der Waals surface area contributed by atoms with Crippen LogP contribution in [0.1, 0.15) is 17.9 Å². The number of amides is 1. The largest absolute Gasteiger partial charge is 0.480 e. The third-order valence-corrected chi connectivity index (χ3v) is 4.32. The maximum atomic E-state index is 12.5. The molecule has 1 N–H and O–H groups in total. The zero-order valence-electron chi connectivity index (χ0n) is 11.4. The predicted octanol–water partition coefficient (Wildman–Crippen LogP) is 1.76. The van der Waals surface area contributed by atoms with Crippen molar-refractivity contribution in [2.45, 2.75) is 18.4 Å². The molecule has 21 heavy (non-hydrogen) atoms. The Kier molecular flexibility index (Phi) is 3.87. The Hall–Kier alpha value is -1.59. The minimum Gasteiger partial charge on any atom is -0.480 e. The van der Waals surface area contributed by atoms with Crippen molar-refractivity contribution in [2.24, 2.45) is 5.92 Å². The van der Waals surface area contributed by atoms with Gasteiger partial charge in [-0.2, -0.15) is 0 Å². The van der Waals surface area contributed by atoms with Gasteiger partial charge in [-0.05, 0) is 30.0 Å². The highest BCUT2D eigenvalue weighted by Crippen LogP contribution is 2.49. The van der Waals surface area contributed by atoms with Crippen LogP contribution in [-0.4, -0.2) is 47.7 Å². The summed E-state index contributed by atoms with van der Waals surface area (Å²) in [5, 5.41) is 9.84. The zero-order valence-corrected chi connectivity index (χ0v) is 12.1. The number of morpholine rings is 1. The van der Waals surface area contributed by atoms with Gasteiger partial charge in [0.2, 0.25) is 5.91 Å². The van der Waals surface area contributed by atoms with Gasteiger partial charge >= 0.3 is 5.97 Å². The van der Waals surface area contributed by atoms with Gasteiger partial charge in [-0.15, -0.1) is 0 Å². The minimum absolute atomic E-state index is 0.0651. The summed E-state index contributed by atoms with van der Waals surface area (Å²) in [6.45, 7) is 0.800. The molecule has 1 aromatic rings. The van der Waals surface area contributed by atoms with Crippen LogP contribution in [-0.2, 0) is 14.3 Å². The summed E-state index contributed by atoms with van der Waals surface area (Å²) in [6, 6.07) is 6.62. The number of rotatable bonds is 3. The highest BCUT2D eigenvalue weighted by Gasteiger charge is 2.48. The Morgan fingerprint density at radius 2 is 2.19 bits per heavy atom. The average molecular weight is 310 g/mol.